The molecule has 0 saturated carbocycles. The van der Waals surface area contributed by atoms with Gasteiger partial charge in [-0.3, -0.25) is 4.90 Å². The van der Waals surface area contributed by atoms with Crippen LogP contribution < -0.4 is 4.90 Å². The average Bonchev–Trinajstić information content (AvgIpc) is 2.44. The van der Waals surface area contributed by atoms with Gasteiger partial charge in [0, 0.05) is 26.4 Å². The monoisotopic (exact) mass is 294 g/mol. The predicted octanol–water partition coefficient (Wildman–Crippen LogP) is 2.19. The molecule has 5 heteroatoms. The molecule has 2 amide bonds. The second-order valence-corrected chi connectivity index (χ2v) is 5.24. The number of rotatable bonds is 6. The van der Waals surface area contributed by atoms with E-state index in [1.807, 2.05) is 39.0 Å². The SMILES string of the molecule is CCN(C(=O)N(C)C[C@@H](O)COC)c1cccc(C)c1C. The van der Waals surface area contributed by atoms with Crippen LogP contribution in [0.2, 0.25) is 0 Å². The van der Waals surface area contributed by atoms with E-state index in [0.717, 1.165) is 16.8 Å². The molecule has 0 bridgehead atoms. The van der Waals surface area contributed by atoms with E-state index in [-0.39, 0.29) is 19.2 Å². The zero-order valence-corrected chi connectivity index (χ0v) is 13.6. The molecule has 1 aromatic rings. The van der Waals surface area contributed by atoms with Gasteiger partial charge in [-0.1, -0.05) is 12.1 Å². The highest BCUT2D eigenvalue weighted by molar-refractivity contribution is 5.92. The second kappa shape index (κ2) is 8.00. The molecule has 0 aliphatic heterocycles. The van der Waals surface area contributed by atoms with Crippen molar-refractivity contribution in [2.24, 2.45) is 0 Å². The zero-order valence-electron chi connectivity index (χ0n) is 13.6. The summed E-state index contributed by atoms with van der Waals surface area (Å²) in [6.07, 6.45) is -0.679. The van der Waals surface area contributed by atoms with Gasteiger partial charge in [-0.05, 0) is 38.0 Å². The lowest BCUT2D eigenvalue weighted by atomic mass is 10.1. The topological polar surface area (TPSA) is 53.0 Å². The van der Waals surface area contributed by atoms with Gasteiger partial charge in [0.2, 0.25) is 0 Å². The van der Waals surface area contributed by atoms with Gasteiger partial charge in [0.25, 0.3) is 0 Å². The largest absolute Gasteiger partial charge is 0.389 e. The lowest BCUT2D eigenvalue weighted by Gasteiger charge is -2.30. The van der Waals surface area contributed by atoms with Gasteiger partial charge in [-0.2, -0.15) is 0 Å². The summed E-state index contributed by atoms with van der Waals surface area (Å²) in [5.74, 6) is 0. The first kappa shape index (κ1) is 17.5. The number of aliphatic hydroxyl groups is 1. The Labute approximate surface area is 127 Å². The van der Waals surface area contributed by atoms with Gasteiger partial charge < -0.3 is 14.7 Å². The molecule has 0 saturated heterocycles. The van der Waals surface area contributed by atoms with Crippen LogP contribution in [0.4, 0.5) is 10.5 Å². The molecule has 118 valence electrons. The molecular weight excluding hydrogens is 268 g/mol. The number of aryl methyl sites for hydroxylation is 1. The number of methoxy groups -OCH3 is 1. The molecule has 21 heavy (non-hydrogen) atoms. The minimum absolute atomic E-state index is 0.124. The highest BCUT2D eigenvalue weighted by atomic mass is 16.5. The average molecular weight is 294 g/mol. The number of aliphatic hydroxyl groups excluding tert-OH is 1. The Morgan fingerprint density at radius 1 is 1.38 bits per heavy atom. The van der Waals surface area contributed by atoms with Crippen molar-refractivity contribution < 1.29 is 14.6 Å². The number of carbonyl (C=O) groups is 1. The van der Waals surface area contributed by atoms with E-state index in [1.165, 1.54) is 12.0 Å². The number of urea groups is 1. The van der Waals surface area contributed by atoms with Gasteiger partial charge in [0.15, 0.2) is 0 Å². The van der Waals surface area contributed by atoms with Crippen LogP contribution in [0.3, 0.4) is 0 Å². The number of ether oxygens (including phenoxy) is 1. The summed E-state index contributed by atoms with van der Waals surface area (Å²) in [6, 6.07) is 5.81. The molecule has 1 N–H and O–H groups in total. The highest BCUT2D eigenvalue weighted by Crippen LogP contribution is 2.23. The normalized spacial score (nSPS) is 12.1. The molecule has 1 atom stereocenters. The fourth-order valence-corrected chi connectivity index (χ4v) is 2.28. The summed E-state index contributed by atoms with van der Waals surface area (Å²) in [5.41, 5.74) is 3.16. The van der Waals surface area contributed by atoms with Crippen LogP contribution in [0.1, 0.15) is 18.1 Å². The first-order valence-corrected chi connectivity index (χ1v) is 7.18. The Morgan fingerprint density at radius 2 is 2.05 bits per heavy atom. The first-order chi connectivity index (χ1) is 9.92. The third-order valence-electron chi connectivity index (χ3n) is 3.58. The van der Waals surface area contributed by atoms with Crippen LogP contribution in [-0.4, -0.2) is 56.0 Å². The number of anilines is 1. The number of amides is 2. The Kier molecular flexibility index (Phi) is 6.65. The van der Waals surface area contributed by atoms with Crippen molar-refractivity contribution in [1.82, 2.24) is 4.90 Å². The molecule has 0 radical (unpaired) electrons. The number of likely N-dealkylation sites (N-methyl/N-ethyl adjacent to an activating group) is 1. The van der Waals surface area contributed by atoms with E-state index in [4.69, 9.17) is 4.74 Å². The van der Waals surface area contributed by atoms with Crippen LogP contribution in [-0.2, 0) is 4.74 Å². The minimum atomic E-state index is -0.679. The summed E-state index contributed by atoms with van der Waals surface area (Å²) in [5, 5.41) is 9.75. The Hall–Kier alpha value is -1.59. The fourth-order valence-electron chi connectivity index (χ4n) is 2.28. The first-order valence-electron chi connectivity index (χ1n) is 7.18. The highest BCUT2D eigenvalue weighted by Gasteiger charge is 2.21. The molecule has 0 fully saturated rings. The van der Waals surface area contributed by atoms with Crippen molar-refractivity contribution in [2.75, 3.05) is 38.8 Å². The van der Waals surface area contributed by atoms with Gasteiger partial charge in [0.05, 0.1) is 19.3 Å². The van der Waals surface area contributed by atoms with Crippen molar-refractivity contribution >= 4 is 11.7 Å². The van der Waals surface area contributed by atoms with E-state index in [9.17, 15) is 9.90 Å². The Morgan fingerprint density at radius 3 is 2.62 bits per heavy atom. The maximum Gasteiger partial charge on any atom is 0.324 e. The van der Waals surface area contributed by atoms with Crippen LogP contribution in [0, 0.1) is 13.8 Å². The molecule has 0 heterocycles. The van der Waals surface area contributed by atoms with Crippen LogP contribution in [0.15, 0.2) is 18.2 Å². The Balaban J connectivity index is 2.89. The van der Waals surface area contributed by atoms with E-state index >= 15 is 0 Å². The van der Waals surface area contributed by atoms with Crippen molar-refractivity contribution in [2.45, 2.75) is 26.9 Å². The van der Waals surface area contributed by atoms with Gasteiger partial charge >= 0.3 is 6.03 Å². The molecule has 1 rings (SSSR count). The number of hydrogen-bond acceptors (Lipinski definition) is 3. The number of hydrogen-bond donors (Lipinski definition) is 1. The number of carbonyl (C=O) groups excluding carboxylic acids is 1. The minimum Gasteiger partial charge on any atom is -0.389 e. The van der Waals surface area contributed by atoms with E-state index < -0.39 is 6.10 Å². The smallest absolute Gasteiger partial charge is 0.324 e. The van der Waals surface area contributed by atoms with Crippen LogP contribution in [0.5, 0.6) is 0 Å². The summed E-state index contributed by atoms with van der Waals surface area (Å²) in [4.78, 5) is 15.8. The van der Waals surface area contributed by atoms with Gasteiger partial charge in [-0.15, -0.1) is 0 Å². The second-order valence-electron chi connectivity index (χ2n) is 5.24. The molecule has 0 unspecified atom stereocenters. The molecule has 0 aromatic heterocycles. The van der Waals surface area contributed by atoms with E-state index in [1.54, 1.807) is 11.9 Å². The quantitative estimate of drug-likeness (QED) is 0.875. The Bertz CT molecular complexity index is 477. The van der Waals surface area contributed by atoms with Gasteiger partial charge in [-0.25, -0.2) is 4.79 Å². The standard InChI is InChI=1S/C16H26N2O3/c1-6-18(15-9-7-8-12(2)13(15)3)16(20)17(4)10-14(19)11-21-5/h7-9,14,19H,6,10-11H2,1-5H3/t14-/m1/s1. The lowest BCUT2D eigenvalue weighted by molar-refractivity contribution is 0.0496. The summed E-state index contributed by atoms with van der Waals surface area (Å²) >= 11 is 0. The van der Waals surface area contributed by atoms with Crippen molar-refractivity contribution in [3.63, 3.8) is 0 Å². The molecule has 0 aliphatic rings. The predicted molar refractivity (Wildman–Crippen MR) is 84.8 cm³/mol. The van der Waals surface area contributed by atoms with Gasteiger partial charge in [0.1, 0.15) is 0 Å². The number of nitrogens with zero attached hydrogens (tertiary/aromatic N) is 2. The van der Waals surface area contributed by atoms with Crippen LogP contribution in [0.25, 0.3) is 0 Å². The third kappa shape index (κ3) is 4.44. The molecule has 1 aromatic carbocycles. The maximum atomic E-state index is 12.6. The van der Waals surface area contributed by atoms with Crippen molar-refractivity contribution in [3.05, 3.63) is 29.3 Å². The molecule has 0 aliphatic carbocycles. The molecule has 5 nitrogen and oxygen atoms in total. The molecular formula is C16H26N2O3. The fraction of sp³-hybridized carbons (Fsp3) is 0.562. The summed E-state index contributed by atoms with van der Waals surface area (Å²) < 4.78 is 4.89. The molecule has 0 spiro atoms. The zero-order chi connectivity index (χ0) is 16.0. The third-order valence-corrected chi connectivity index (χ3v) is 3.58. The summed E-state index contributed by atoms with van der Waals surface area (Å²) in [7, 11) is 3.22. The van der Waals surface area contributed by atoms with E-state index in [0.29, 0.717) is 6.54 Å². The van der Waals surface area contributed by atoms with E-state index in [2.05, 4.69) is 0 Å². The summed E-state index contributed by atoms with van der Waals surface area (Å²) in [6.45, 7) is 7.03. The lowest BCUT2D eigenvalue weighted by Crippen LogP contribution is -2.45. The van der Waals surface area contributed by atoms with Crippen molar-refractivity contribution in [3.8, 4) is 0 Å². The maximum absolute atomic E-state index is 12.6. The van der Waals surface area contributed by atoms with Crippen molar-refractivity contribution in [1.29, 1.82) is 0 Å². The van der Waals surface area contributed by atoms with Crippen LogP contribution >= 0.6 is 0 Å². The number of benzene rings is 1.